The number of aliphatic hydroxyl groups excluding tert-OH is 7. The molecule has 0 aliphatic carbocycles. The monoisotopic (exact) mass is 383 g/mol. The summed E-state index contributed by atoms with van der Waals surface area (Å²) in [5.41, 5.74) is 0. The average molecular weight is 383 g/mol. The number of aliphatic hydroxyl groups is 7. The molecule has 1 amide bonds. The number of hydrogen-bond donors (Lipinski definition) is 8. The third kappa shape index (κ3) is 4.48. The van der Waals surface area contributed by atoms with Crippen molar-refractivity contribution in [1.29, 1.82) is 0 Å². The molecule has 2 saturated heterocycles. The fourth-order valence-electron chi connectivity index (χ4n) is 2.87. The molecule has 2 heterocycles. The van der Waals surface area contributed by atoms with Crippen molar-refractivity contribution in [2.24, 2.45) is 0 Å². The van der Waals surface area contributed by atoms with Gasteiger partial charge in [-0.05, 0) is 0 Å². The minimum atomic E-state index is -1.64. The van der Waals surface area contributed by atoms with Gasteiger partial charge in [-0.1, -0.05) is 0 Å². The van der Waals surface area contributed by atoms with E-state index < -0.39 is 80.5 Å². The van der Waals surface area contributed by atoms with Gasteiger partial charge in [-0.2, -0.15) is 0 Å². The van der Waals surface area contributed by atoms with Crippen LogP contribution >= 0.6 is 0 Å². The van der Waals surface area contributed by atoms with Crippen LogP contribution in [-0.2, 0) is 19.0 Å². The third-order valence-corrected chi connectivity index (χ3v) is 4.36. The smallest absolute Gasteiger partial charge is 0.217 e. The lowest BCUT2D eigenvalue weighted by molar-refractivity contribution is -0.318. The van der Waals surface area contributed by atoms with Crippen molar-refractivity contribution in [3.05, 3.63) is 0 Å². The Balaban J connectivity index is 1.95. The molecular weight excluding hydrogens is 358 g/mol. The Labute approximate surface area is 148 Å². The first-order valence-corrected chi connectivity index (χ1v) is 8.06. The quantitative estimate of drug-likeness (QED) is 0.226. The number of rotatable bonds is 5. The van der Waals surface area contributed by atoms with E-state index in [4.69, 9.17) is 19.3 Å². The fourth-order valence-corrected chi connectivity index (χ4v) is 2.87. The summed E-state index contributed by atoms with van der Waals surface area (Å²) in [5.74, 6) is -0.542. The Morgan fingerprint density at radius 1 is 0.923 bits per heavy atom. The lowest BCUT2D eigenvalue weighted by atomic mass is 9.97. The van der Waals surface area contributed by atoms with Crippen molar-refractivity contribution < 1.29 is 54.8 Å². The molecule has 8 N–H and O–H groups in total. The van der Waals surface area contributed by atoms with Gasteiger partial charge in [0, 0.05) is 6.92 Å². The van der Waals surface area contributed by atoms with Crippen molar-refractivity contribution in [2.75, 3.05) is 13.2 Å². The van der Waals surface area contributed by atoms with Gasteiger partial charge < -0.3 is 55.3 Å². The SMILES string of the molecule is CC(=O)N[C@@H]1[C@@H](O)[C@H](O)[C@@H](CO[C@@H]2O[C@H](CO)[C@H](O)[C@H](O)[C@H]2O)O[C@H]1O. The molecule has 10 atom stereocenters. The maximum absolute atomic E-state index is 11.1. The molecule has 26 heavy (non-hydrogen) atoms. The topological polar surface area (TPSA) is 198 Å². The van der Waals surface area contributed by atoms with Crippen LogP contribution in [0.25, 0.3) is 0 Å². The lowest BCUT2D eigenvalue weighted by Crippen LogP contribution is -2.64. The molecule has 2 aliphatic rings. The Hall–Kier alpha value is -0.930. The molecule has 0 bridgehead atoms. The van der Waals surface area contributed by atoms with Crippen LogP contribution in [-0.4, -0.2) is 116 Å². The summed E-state index contributed by atoms with van der Waals surface area (Å²) >= 11 is 0. The number of nitrogens with one attached hydrogen (secondary N) is 1. The van der Waals surface area contributed by atoms with Crippen molar-refractivity contribution in [3.63, 3.8) is 0 Å². The minimum Gasteiger partial charge on any atom is -0.394 e. The van der Waals surface area contributed by atoms with E-state index in [1.54, 1.807) is 0 Å². The van der Waals surface area contributed by atoms with Crippen LogP contribution in [0.4, 0.5) is 0 Å². The average Bonchev–Trinajstić information content (AvgIpc) is 2.59. The van der Waals surface area contributed by atoms with E-state index in [1.165, 1.54) is 6.92 Å². The van der Waals surface area contributed by atoms with Gasteiger partial charge in [-0.25, -0.2) is 0 Å². The van der Waals surface area contributed by atoms with E-state index in [1.807, 2.05) is 0 Å². The van der Waals surface area contributed by atoms with E-state index in [0.29, 0.717) is 0 Å². The Kier molecular flexibility index (Phi) is 7.27. The summed E-state index contributed by atoms with van der Waals surface area (Å²) < 4.78 is 15.5. The van der Waals surface area contributed by atoms with Crippen LogP contribution in [0, 0.1) is 0 Å². The van der Waals surface area contributed by atoms with Crippen molar-refractivity contribution in [2.45, 2.75) is 68.3 Å². The Morgan fingerprint density at radius 2 is 1.54 bits per heavy atom. The molecule has 0 radical (unpaired) electrons. The van der Waals surface area contributed by atoms with Crippen LogP contribution in [0.2, 0.25) is 0 Å². The normalized spacial score (nSPS) is 46.8. The molecule has 0 spiro atoms. The number of carbonyl (C=O) groups excluding carboxylic acids is 1. The number of carbonyl (C=O) groups is 1. The molecule has 0 aromatic heterocycles. The van der Waals surface area contributed by atoms with E-state index in [0.717, 1.165) is 0 Å². The second kappa shape index (κ2) is 8.84. The lowest BCUT2D eigenvalue weighted by Gasteiger charge is -2.42. The standard InChI is InChI=1S/C14H25NO11/c1-4(17)15-7-10(20)9(19)6(25-13(7)23)3-24-14-12(22)11(21)8(18)5(2-16)26-14/h5-14,16,18-23H,2-3H2,1H3,(H,15,17)/t5-,6-,7-,8+,9-,10-,11+,12-,13-,14-/m1/s1. The summed E-state index contributed by atoms with van der Waals surface area (Å²) in [6, 6.07) is -1.24. The van der Waals surface area contributed by atoms with Gasteiger partial charge in [0.05, 0.1) is 13.2 Å². The molecule has 0 saturated carbocycles. The van der Waals surface area contributed by atoms with Crippen LogP contribution in [0.15, 0.2) is 0 Å². The first-order valence-electron chi connectivity index (χ1n) is 8.06. The zero-order valence-corrected chi connectivity index (χ0v) is 14.0. The molecule has 12 nitrogen and oxygen atoms in total. The van der Waals surface area contributed by atoms with Gasteiger partial charge >= 0.3 is 0 Å². The second-order valence-corrected chi connectivity index (χ2v) is 6.30. The molecule has 0 unspecified atom stereocenters. The fraction of sp³-hybridized carbons (Fsp3) is 0.929. The van der Waals surface area contributed by atoms with Gasteiger partial charge in [0.25, 0.3) is 0 Å². The van der Waals surface area contributed by atoms with Gasteiger partial charge in [-0.15, -0.1) is 0 Å². The summed E-state index contributed by atoms with van der Waals surface area (Å²) in [6.45, 7) is 0.0636. The van der Waals surface area contributed by atoms with E-state index in [-0.39, 0.29) is 0 Å². The van der Waals surface area contributed by atoms with Gasteiger partial charge in [0.1, 0.15) is 48.8 Å². The summed E-state index contributed by atoms with van der Waals surface area (Å²) in [7, 11) is 0. The van der Waals surface area contributed by atoms with Gasteiger partial charge in [0.15, 0.2) is 12.6 Å². The second-order valence-electron chi connectivity index (χ2n) is 6.30. The first kappa shape index (κ1) is 21.4. The van der Waals surface area contributed by atoms with Gasteiger partial charge in [0.2, 0.25) is 5.91 Å². The maximum Gasteiger partial charge on any atom is 0.217 e. The van der Waals surface area contributed by atoms with Crippen LogP contribution in [0.3, 0.4) is 0 Å². The molecule has 2 fully saturated rings. The van der Waals surface area contributed by atoms with Crippen LogP contribution in [0.1, 0.15) is 6.92 Å². The van der Waals surface area contributed by atoms with Crippen molar-refractivity contribution >= 4 is 5.91 Å². The highest BCUT2D eigenvalue weighted by Crippen LogP contribution is 2.24. The zero-order valence-electron chi connectivity index (χ0n) is 14.0. The molecule has 12 heteroatoms. The summed E-state index contributed by atoms with van der Waals surface area (Å²) in [6.07, 6.45) is -13.4. The van der Waals surface area contributed by atoms with E-state index >= 15 is 0 Å². The Morgan fingerprint density at radius 3 is 2.12 bits per heavy atom. The van der Waals surface area contributed by atoms with Crippen LogP contribution in [0.5, 0.6) is 0 Å². The molecule has 0 aromatic rings. The zero-order chi connectivity index (χ0) is 19.6. The third-order valence-electron chi connectivity index (χ3n) is 4.36. The van der Waals surface area contributed by atoms with Crippen molar-refractivity contribution in [1.82, 2.24) is 5.32 Å². The number of ether oxygens (including phenoxy) is 3. The Bertz CT molecular complexity index is 478. The predicted octanol–water partition coefficient (Wildman–Crippen LogP) is -5.25. The highest BCUT2D eigenvalue weighted by molar-refractivity contribution is 5.73. The largest absolute Gasteiger partial charge is 0.394 e. The number of amides is 1. The highest BCUT2D eigenvalue weighted by atomic mass is 16.7. The van der Waals surface area contributed by atoms with Gasteiger partial charge in [-0.3, -0.25) is 4.79 Å². The van der Waals surface area contributed by atoms with E-state index in [2.05, 4.69) is 5.32 Å². The molecule has 2 rings (SSSR count). The first-order chi connectivity index (χ1) is 12.2. The molecular formula is C14H25NO11. The summed E-state index contributed by atoms with van der Waals surface area (Å²) in [5, 5.41) is 70.6. The van der Waals surface area contributed by atoms with Crippen molar-refractivity contribution in [3.8, 4) is 0 Å². The molecule has 2 aliphatic heterocycles. The molecule has 152 valence electrons. The maximum atomic E-state index is 11.1. The number of hydrogen-bond acceptors (Lipinski definition) is 11. The molecule has 0 aromatic carbocycles. The van der Waals surface area contributed by atoms with E-state index in [9.17, 15) is 35.4 Å². The highest BCUT2D eigenvalue weighted by Gasteiger charge is 2.47. The predicted molar refractivity (Wildman–Crippen MR) is 80.2 cm³/mol. The summed E-state index contributed by atoms with van der Waals surface area (Å²) in [4.78, 5) is 11.1. The van der Waals surface area contributed by atoms with Crippen LogP contribution < -0.4 is 5.32 Å². The minimum absolute atomic E-state index is 0.467.